The standard InChI is InChI=1S/C18H20N2O3/c19-17(21)9-10-18(22)20-12-15-7-4-8-16(11-15)23-13-14-5-2-1-3-6-14/h1-8,11H,9-10,12-13H2,(H2,19,21)(H,20,22). The van der Waals surface area contributed by atoms with Gasteiger partial charge in [0, 0.05) is 19.4 Å². The molecule has 2 aromatic rings. The summed E-state index contributed by atoms with van der Waals surface area (Å²) in [4.78, 5) is 22.2. The highest BCUT2D eigenvalue weighted by Crippen LogP contribution is 2.15. The monoisotopic (exact) mass is 312 g/mol. The number of hydrogen-bond donors (Lipinski definition) is 2. The van der Waals surface area contributed by atoms with Crippen LogP contribution >= 0.6 is 0 Å². The van der Waals surface area contributed by atoms with Crippen molar-refractivity contribution in [3.8, 4) is 5.75 Å². The molecule has 0 aromatic heterocycles. The molecule has 0 aliphatic carbocycles. The van der Waals surface area contributed by atoms with Crippen LogP contribution < -0.4 is 15.8 Å². The lowest BCUT2D eigenvalue weighted by molar-refractivity contribution is -0.125. The van der Waals surface area contributed by atoms with Gasteiger partial charge in [0.25, 0.3) is 0 Å². The number of rotatable bonds is 8. The Balaban J connectivity index is 1.82. The third-order valence-electron chi connectivity index (χ3n) is 3.23. The topological polar surface area (TPSA) is 81.4 Å². The van der Waals surface area contributed by atoms with Crippen LogP contribution in [0.1, 0.15) is 24.0 Å². The van der Waals surface area contributed by atoms with Gasteiger partial charge >= 0.3 is 0 Å². The summed E-state index contributed by atoms with van der Waals surface area (Å²) in [5.74, 6) is 0.0774. The zero-order valence-corrected chi connectivity index (χ0v) is 12.8. The molecule has 2 amide bonds. The maximum atomic E-state index is 11.6. The Morgan fingerprint density at radius 2 is 1.70 bits per heavy atom. The fraction of sp³-hybridized carbons (Fsp3) is 0.222. The summed E-state index contributed by atoms with van der Waals surface area (Å²) < 4.78 is 5.74. The molecule has 2 aromatic carbocycles. The highest BCUT2D eigenvalue weighted by Gasteiger charge is 2.04. The lowest BCUT2D eigenvalue weighted by Gasteiger charge is -2.09. The Hall–Kier alpha value is -2.82. The van der Waals surface area contributed by atoms with Crippen molar-refractivity contribution in [3.63, 3.8) is 0 Å². The van der Waals surface area contributed by atoms with E-state index in [1.165, 1.54) is 0 Å². The van der Waals surface area contributed by atoms with Crippen LogP contribution in [0.3, 0.4) is 0 Å². The van der Waals surface area contributed by atoms with E-state index in [4.69, 9.17) is 10.5 Å². The van der Waals surface area contributed by atoms with Crippen LogP contribution in [0.15, 0.2) is 54.6 Å². The number of nitrogens with two attached hydrogens (primary N) is 1. The molecule has 0 aliphatic heterocycles. The van der Waals surface area contributed by atoms with Crippen molar-refractivity contribution in [1.82, 2.24) is 5.32 Å². The van der Waals surface area contributed by atoms with Crippen LogP contribution in [0.25, 0.3) is 0 Å². The first kappa shape index (κ1) is 16.5. The summed E-state index contributed by atoms with van der Waals surface area (Å²) in [5, 5.41) is 2.75. The Morgan fingerprint density at radius 1 is 0.957 bits per heavy atom. The number of benzene rings is 2. The van der Waals surface area contributed by atoms with Gasteiger partial charge in [-0.25, -0.2) is 0 Å². The van der Waals surface area contributed by atoms with Gasteiger partial charge in [0.2, 0.25) is 11.8 Å². The lowest BCUT2D eigenvalue weighted by atomic mass is 10.2. The van der Waals surface area contributed by atoms with E-state index in [-0.39, 0.29) is 18.7 Å². The summed E-state index contributed by atoms with van der Waals surface area (Å²) in [7, 11) is 0. The molecule has 5 heteroatoms. The molecular weight excluding hydrogens is 292 g/mol. The first-order valence-electron chi connectivity index (χ1n) is 7.44. The fourth-order valence-corrected chi connectivity index (χ4v) is 2.01. The van der Waals surface area contributed by atoms with Crippen molar-refractivity contribution in [2.75, 3.05) is 0 Å². The Labute approximate surface area is 135 Å². The van der Waals surface area contributed by atoms with Gasteiger partial charge in [-0.1, -0.05) is 42.5 Å². The molecule has 2 rings (SSSR count). The molecule has 0 radical (unpaired) electrons. The number of amides is 2. The molecule has 0 fully saturated rings. The van der Waals surface area contributed by atoms with Gasteiger partial charge in [0.15, 0.2) is 0 Å². The average Bonchev–Trinajstić information content (AvgIpc) is 2.57. The lowest BCUT2D eigenvalue weighted by Crippen LogP contribution is -2.24. The van der Waals surface area contributed by atoms with Crippen LogP contribution in [0.2, 0.25) is 0 Å². The van der Waals surface area contributed by atoms with Gasteiger partial charge in [-0.2, -0.15) is 0 Å². The molecule has 0 aliphatic rings. The SMILES string of the molecule is NC(=O)CCC(=O)NCc1cccc(OCc2ccccc2)c1. The molecule has 0 saturated heterocycles. The first-order valence-corrected chi connectivity index (χ1v) is 7.44. The molecule has 0 atom stereocenters. The van der Waals surface area contributed by atoms with E-state index in [0.717, 1.165) is 16.9 Å². The zero-order chi connectivity index (χ0) is 16.5. The fourth-order valence-electron chi connectivity index (χ4n) is 2.01. The van der Waals surface area contributed by atoms with Gasteiger partial charge in [-0.05, 0) is 23.3 Å². The van der Waals surface area contributed by atoms with E-state index in [0.29, 0.717) is 13.2 Å². The second-order valence-corrected chi connectivity index (χ2v) is 5.16. The summed E-state index contributed by atoms with van der Waals surface area (Å²) in [6.07, 6.45) is 0.172. The van der Waals surface area contributed by atoms with Gasteiger partial charge in [0.1, 0.15) is 12.4 Å². The molecule has 0 saturated carbocycles. The smallest absolute Gasteiger partial charge is 0.220 e. The van der Waals surface area contributed by atoms with Gasteiger partial charge in [-0.3, -0.25) is 9.59 Å². The van der Waals surface area contributed by atoms with Crippen LogP contribution in [0.5, 0.6) is 5.75 Å². The minimum Gasteiger partial charge on any atom is -0.489 e. The van der Waals surface area contributed by atoms with E-state index in [1.807, 2.05) is 54.6 Å². The second kappa shape index (κ2) is 8.58. The van der Waals surface area contributed by atoms with Crippen LogP contribution in [0.4, 0.5) is 0 Å². The first-order chi connectivity index (χ1) is 11.1. The Kier molecular flexibility index (Phi) is 6.17. The van der Waals surface area contributed by atoms with Gasteiger partial charge in [-0.15, -0.1) is 0 Å². The third-order valence-corrected chi connectivity index (χ3v) is 3.23. The van der Waals surface area contributed by atoms with Crippen LogP contribution in [-0.2, 0) is 22.7 Å². The van der Waals surface area contributed by atoms with E-state index in [9.17, 15) is 9.59 Å². The summed E-state index contributed by atoms with van der Waals surface area (Å²) in [6.45, 7) is 0.884. The number of carbonyl (C=O) groups excluding carboxylic acids is 2. The maximum absolute atomic E-state index is 11.6. The summed E-state index contributed by atoms with van der Waals surface area (Å²) >= 11 is 0. The van der Waals surface area contributed by atoms with Gasteiger partial charge < -0.3 is 15.8 Å². The molecule has 5 nitrogen and oxygen atoms in total. The molecule has 0 spiro atoms. The Bertz CT molecular complexity index is 656. The van der Waals surface area contributed by atoms with Crippen molar-refractivity contribution in [3.05, 3.63) is 65.7 Å². The van der Waals surface area contributed by atoms with Crippen molar-refractivity contribution in [2.24, 2.45) is 5.73 Å². The quantitative estimate of drug-likeness (QED) is 0.783. The van der Waals surface area contributed by atoms with Crippen LogP contribution in [0, 0.1) is 0 Å². The third kappa shape index (κ3) is 6.22. The molecule has 120 valence electrons. The largest absolute Gasteiger partial charge is 0.489 e. The number of carbonyl (C=O) groups is 2. The minimum absolute atomic E-state index is 0.0616. The molecule has 0 heterocycles. The predicted molar refractivity (Wildman–Crippen MR) is 87.5 cm³/mol. The van der Waals surface area contributed by atoms with Crippen molar-refractivity contribution < 1.29 is 14.3 Å². The number of primary amides is 1. The summed E-state index contributed by atoms with van der Waals surface area (Å²) in [5.41, 5.74) is 7.04. The van der Waals surface area contributed by atoms with Crippen molar-refractivity contribution >= 4 is 11.8 Å². The summed E-state index contributed by atoms with van der Waals surface area (Å²) in [6, 6.07) is 17.5. The van der Waals surface area contributed by atoms with E-state index >= 15 is 0 Å². The minimum atomic E-state index is -0.476. The highest BCUT2D eigenvalue weighted by molar-refractivity contribution is 5.82. The van der Waals surface area contributed by atoms with E-state index < -0.39 is 5.91 Å². The predicted octanol–water partition coefficient (Wildman–Crippen LogP) is 2.15. The van der Waals surface area contributed by atoms with E-state index in [1.54, 1.807) is 0 Å². The second-order valence-electron chi connectivity index (χ2n) is 5.16. The average molecular weight is 312 g/mol. The number of hydrogen-bond acceptors (Lipinski definition) is 3. The molecule has 23 heavy (non-hydrogen) atoms. The molecular formula is C18H20N2O3. The van der Waals surface area contributed by atoms with Gasteiger partial charge in [0.05, 0.1) is 0 Å². The Morgan fingerprint density at radius 3 is 2.43 bits per heavy atom. The normalized spacial score (nSPS) is 10.1. The molecule has 0 unspecified atom stereocenters. The zero-order valence-electron chi connectivity index (χ0n) is 12.8. The molecule has 0 bridgehead atoms. The number of ether oxygens (including phenoxy) is 1. The van der Waals surface area contributed by atoms with Crippen LogP contribution in [-0.4, -0.2) is 11.8 Å². The maximum Gasteiger partial charge on any atom is 0.220 e. The van der Waals surface area contributed by atoms with E-state index in [2.05, 4.69) is 5.32 Å². The van der Waals surface area contributed by atoms with Crippen molar-refractivity contribution in [1.29, 1.82) is 0 Å². The van der Waals surface area contributed by atoms with Crippen molar-refractivity contribution in [2.45, 2.75) is 26.0 Å². The molecule has 3 N–H and O–H groups in total. The number of nitrogens with one attached hydrogen (secondary N) is 1. The highest BCUT2D eigenvalue weighted by atomic mass is 16.5.